The van der Waals surface area contributed by atoms with Gasteiger partial charge >= 0.3 is 0 Å². The van der Waals surface area contributed by atoms with Gasteiger partial charge in [-0.2, -0.15) is 0 Å². The molecule has 0 aliphatic heterocycles. The van der Waals surface area contributed by atoms with Crippen LogP contribution in [0.1, 0.15) is 19.4 Å². The van der Waals surface area contributed by atoms with Crippen LogP contribution < -0.4 is 15.2 Å². The molecule has 0 fully saturated rings. The van der Waals surface area contributed by atoms with Gasteiger partial charge in [0, 0.05) is 6.54 Å². The molecule has 0 aliphatic carbocycles. The molecule has 1 rings (SSSR count). The number of hydrogen-bond donors (Lipinski definition) is 1. The van der Waals surface area contributed by atoms with Crippen LogP contribution in [-0.2, 0) is 6.54 Å². The quantitative estimate of drug-likeness (QED) is 0.906. The van der Waals surface area contributed by atoms with Crippen molar-refractivity contribution in [2.75, 3.05) is 13.7 Å². The average molecular weight is 288 g/mol. The Balaban J connectivity index is 2.97. The van der Waals surface area contributed by atoms with Gasteiger partial charge in [0.15, 0.2) is 11.5 Å². The van der Waals surface area contributed by atoms with Crippen LogP contribution >= 0.6 is 15.9 Å². The molecule has 0 bridgehead atoms. The second-order valence-electron chi connectivity index (χ2n) is 4.02. The van der Waals surface area contributed by atoms with Crippen molar-refractivity contribution in [1.82, 2.24) is 0 Å². The zero-order valence-corrected chi connectivity index (χ0v) is 11.5. The molecule has 1 aromatic carbocycles. The summed E-state index contributed by atoms with van der Waals surface area (Å²) in [6.45, 7) is 5.36. The van der Waals surface area contributed by atoms with E-state index < -0.39 is 0 Å². The van der Waals surface area contributed by atoms with Crippen LogP contribution in [-0.4, -0.2) is 13.7 Å². The number of nitrogens with two attached hydrogens (primary N) is 1. The van der Waals surface area contributed by atoms with Gasteiger partial charge in [-0.15, -0.1) is 0 Å². The normalized spacial score (nSPS) is 10.6. The Morgan fingerprint density at radius 1 is 1.38 bits per heavy atom. The van der Waals surface area contributed by atoms with Crippen molar-refractivity contribution < 1.29 is 9.47 Å². The fourth-order valence-electron chi connectivity index (χ4n) is 1.28. The highest BCUT2D eigenvalue weighted by Crippen LogP contribution is 2.36. The molecule has 0 amide bonds. The lowest BCUT2D eigenvalue weighted by atomic mass is 10.2. The highest BCUT2D eigenvalue weighted by Gasteiger charge is 2.11. The van der Waals surface area contributed by atoms with E-state index in [1.807, 2.05) is 12.1 Å². The number of hydrogen-bond acceptors (Lipinski definition) is 3. The first kappa shape index (κ1) is 13.3. The molecular weight excluding hydrogens is 270 g/mol. The number of rotatable bonds is 5. The molecule has 0 atom stereocenters. The van der Waals surface area contributed by atoms with E-state index in [2.05, 4.69) is 29.8 Å². The Hall–Kier alpha value is -0.740. The van der Waals surface area contributed by atoms with Crippen molar-refractivity contribution in [2.45, 2.75) is 20.4 Å². The van der Waals surface area contributed by atoms with E-state index in [0.717, 1.165) is 21.5 Å². The number of ether oxygens (including phenoxy) is 2. The van der Waals surface area contributed by atoms with Gasteiger partial charge in [0.25, 0.3) is 0 Å². The van der Waals surface area contributed by atoms with Gasteiger partial charge in [0.2, 0.25) is 0 Å². The minimum absolute atomic E-state index is 0.478. The molecule has 2 N–H and O–H groups in total. The SMILES string of the molecule is COc1cc(CN)cc(Br)c1OCC(C)C. The van der Waals surface area contributed by atoms with Crippen molar-refractivity contribution in [1.29, 1.82) is 0 Å². The third-order valence-corrected chi connectivity index (χ3v) is 2.67. The van der Waals surface area contributed by atoms with Crippen LogP contribution in [0.4, 0.5) is 0 Å². The maximum absolute atomic E-state index is 5.71. The Kier molecular flexibility index (Phi) is 5.09. The first-order valence-corrected chi connectivity index (χ1v) is 6.07. The minimum Gasteiger partial charge on any atom is -0.493 e. The van der Waals surface area contributed by atoms with E-state index in [1.54, 1.807) is 7.11 Å². The van der Waals surface area contributed by atoms with Gasteiger partial charge < -0.3 is 15.2 Å². The predicted octanol–water partition coefficient (Wildman–Crippen LogP) is 2.95. The summed E-state index contributed by atoms with van der Waals surface area (Å²) in [5.41, 5.74) is 6.61. The summed E-state index contributed by atoms with van der Waals surface area (Å²) in [4.78, 5) is 0. The molecule has 0 heterocycles. The van der Waals surface area contributed by atoms with Gasteiger partial charge in [0.05, 0.1) is 18.2 Å². The second-order valence-corrected chi connectivity index (χ2v) is 4.87. The van der Waals surface area contributed by atoms with Gasteiger partial charge in [-0.25, -0.2) is 0 Å². The van der Waals surface area contributed by atoms with Gasteiger partial charge in [0.1, 0.15) is 0 Å². The largest absolute Gasteiger partial charge is 0.493 e. The molecule has 0 unspecified atom stereocenters. The summed E-state index contributed by atoms with van der Waals surface area (Å²) in [6, 6.07) is 3.86. The van der Waals surface area contributed by atoms with Crippen molar-refractivity contribution in [2.24, 2.45) is 11.7 Å². The summed E-state index contributed by atoms with van der Waals surface area (Å²) < 4.78 is 11.9. The first-order chi connectivity index (χ1) is 7.58. The fourth-order valence-corrected chi connectivity index (χ4v) is 1.89. The first-order valence-electron chi connectivity index (χ1n) is 5.27. The van der Waals surface area contributed by atoms with Crippen molar-refractivity contribution in [3.05, 3.63) is 22.2 Å². The van der Waals surface area contributed by atoms with Crippen LogP contribution in [0.15, 0.2) is 16.6 Å². The molecule has 1 aromatic rings. The van der Waals surface area contributed by atoms with E-state index in [4.69, 9.17) is 15.2 Å². The third-order valence-electron chi connectivity index (χ3n) is 2.09. The molecular formula is C12H18BrNO2. The second kappa shape index (κ2) is 6.11. The van der Waals surface area contributed by atoms with Crippen molar-refractivity contribution >= 4 is 15.9 Å². The van der Waals surface area contributed by atoms with Gasteiger partial charge in [-0.05, 0) is 39.5 Å². The molecule has 3 nitrogen and oxygen atoms in total. The van der Waals surface area contributed by atoms with E-state index in [-0.39, 0.29) is 0 Å². The number of benzene rings is 1. The Bertz CT molecular complexity index is 353. The van der Waals surface area contributed by atoms with E-state index in [0.29, 0.717) is 19.1 Å². The lowest BCUT2D eigenvalue weighted by molar-refractivity contribution is 0.255. The predicted molar refractivity (Wildman–Crippen MR) is 68.9 cm³/mol. The molecule has 0 spiro atoms. The highest BCUT2D eigenvalue weighted by molar-refractivity contribution is 9.10. The number of halogens is 1. The molecule has 0 aromatic heterocycles. The van der Waals surface area contributed by atoms with Crippen LogP contribution in [0, 0.1) is 5.92 Å². The van der Waals surface area contributed by atoms with E-state index in [9.17, 15) is 0 Å². The van der Waals surface area contributed by atoms with Gasteiger partial charge in [-0.3, -0.25) is 0 Å². The zero-order valence-electron chi connectivity index (χ0n) is 9.92. The third kappa shape index (κ3) is 3.39. The van der Waals surface area contributed by atoms with Crippen LogP contribution in [0.2, 0.25) is 0 Å². The monoisotopic (exact) mass is 287 g/mol. The van der Waals surface area contributed by atoms with E-state index in [1.165, 1.54) is 0 Å². The summed E-state index contributed by atoms with van der Waals surface area (Å²) in [7, 11) is 1.63. The topological polar surface area (TPSA) is 44.5 Å². The van der Waals surface area contributed by atoms with Crippen molar-refractivity contribution in [3.8, 4) is 11.5 Å². The summed E-state index contributed by atoms with van der Waals surface area (Å²) in [5, 5.41) is 0. The molecule has 0 radical (unpaired) electrons. The highest BCUT2D eigenvalue weighted by atomic mass is 79.9. The van der Waals surface area contributed by atoms with E-state index >= 15 is 0 Å². The fraction of sp³-hybridized carbons (Fsp3) is 0.500. The minimum atomic E-state index is 0.478. The summed E-state index contributed by atoms with van der Waals surface area (Å²) >= 11 is 3.47. The van der Waals surface area contributed by atoms with Crippen LogP contribution in [0.3, 0.4) is 0 Å². The zero-order chi connectivity index (χ0) is 12.1. The van der Waals surface area contributed by atoms with Crippen LogP contribution in [0.5, 0.6) is 11.5 Å². The molecule has 0 saturated heterocycles. The Morgan fingerprint density at radius 3 is 2.56 bits per heavy atom. The standard InChI is InChI=1S/C12H18BrNO2/c1-8(2)7-16-12-10(13)4-9(6-14)5-11(12)15-3/h4-5,8H,6-7,14H2,1-3H3. The van der Waals surface area contributed by atoms with Crippen molar-refractivity contribution in [3.63, 3.8) is 0 Å². The number of methoxy groups -OCH3 is 1. The van der Waals surface area contributed by atoms with Crippen LogP contribution in [0.25, 0.3) is 0 Å². The lowest BCUT2D eigenvalue weighted by Crippen LogP contribution is -2.07. The lowest BCUT2D eigenvalue weighted by Gasteiger charge is -2.15. The Morgan fingerprint density at radius 2 is 2.06 bits per heavy atom. The van der Waals surface area contributed by atoms with Gasteiger partial charge in [-0.1, -0.05) is 13.8 Å². The molecule has 90 valence electrons. The molecule has 0 saturated carbocycles. The maximum atomic E-state index is 5.71. The molecule has 16 heavy (non-hydrogen) atoms. The molecule has 0 aliphatic rings. The summed E-state index contributed by atoms with van der Waals surface area (Å²) in [6.07, 6.45) is 0. The maximum Gasteiger partial charge on any atom is 0.175 e. The smallest absolute Gasteiger partial charge is 0.175 e. The Labute approximate surface area is 105 Å². The average Bonchev–Trinajstić information content (AvgIpc) is 2.26. The molecule has 4 heteroatoms. The summed E-state index contributed by atoms with van der Waals surface area (Å²) in [5.74, 6) is 1.94.